The van der Waals surface area contributed by atoms with Crippen molar-refractivity contribution < 1.29 is 0 Å². The SMILES string of the molecule is C#Cc1cc(C)cc(C#C)c1N. The quantitative estimate of drug-likeness (QED) is 0.446. The van der Waals surface area contributed by atoms with Gasteiger partial charge in [0.2, 0.25) is 0 Å². The van der Waals surface area contributed by atoms with E-state index in [0.29, 0.717) is 16.8 Å². The zero-order valence-corrected chi connectivity index (χ0v) is 6.89. The van der Waals surface area contributed by atoms with Gasteiger partial charge in [0.05, 0.1) is 5.69 Å². The molecule has 1 aromatic carbocycles. The van der Waals surface area contributed by atoms with Crippen molar-refractivity contribution >= 4 is 5.69 Å². The van der Waals surface area contributed by atoms with Crippen LogP contribution >= 0.6 is 0 Å². The third-order valence-corrected chi connectivity index (χ3v) is 1.64. The molecule has 0 unspecified atom stereocenters. The number of anilines is 1. The van der Waals surface area contributed by atoms with Crippen molar-refractivity contribution in [1.29, 1.82) is 0 Å². The Morgan fingerprint density at radius 2 is 1.58 bits per heavy atom. The van der Waals surface area contributed by atoms with E-state index in [4.69, 9.17) is 18.6 Å². The summed E-state index contributed by atoms with van der Waals surface area (Å²) in [4.78, 5) is 0. The van der Waals surface area contributed by atoms with Crippen LogP contribution in [0.1, 0.15) is 16.7 Å². The van der Waals surface area contributed by atoms with Gasteiger partial charge in [-0.05, 0) is 24.6 Å². The molecule has 0 radical (unpaired) electrons. The van der Waals surface area contributed by atoms with E-state index in [0.717, 1.165) is 5.56 Å². The number of aryl methyl sites for hydroxylation is 1. The molecule has 0 aliphatic rings. The molecule has 0 aliphatic heterocycles. The van der Waals surface area contributed by atoms with Gasteiger partial charge in [-0.15, -0.1) is 12.8 Å². The first-order valence-electron chi connectivity index (χ1n) is 3.52. The van der Waals surface area contributed by atoms with Gasteiger partial charge in [-0.3, -0.25) is 0 Å². The van der Waals surface area contributed by atoms with Crippen LogP contribution in [0, 0.1) is 31.6 Å². The first-order valence-corrected chi connectivity index (χ1v) is 3.52. The average molecular weight is 155 g/mol. The van der Waals surface area contributed by atoms with Gasteiger partial charge in [0.25, 0.3) is 0 Å². The highest BCUT2D eigenvalue weighted by atomic mass is 14.6. The van der Waals surface area contributed by atoms with Crippen LogP contribution in [0.5, 0.6) is 0 Å². The number of benzene rings is 1. The van der Waals surface area contributed by atoms with E-state index in [1.807, 2.05) is 19.1 Å². The van der Waals surface area contributed by atoms with Crippen molar-refractivity contribution in [1.82, 2.24) is 0 Å². The maximum Gasteiger partial charge on any atom is 0.0632 e. The predicted molar refractivity (Wildman–Crippen MR) is 51.5 cm³/mol. The normalized spacial score (nSPS) is 8.58. The van der Waals surface area contributed by atoms with Gasteiger partial charge in [-0.1, -0.05) is 11.8 Å². The first kappa shape index (κ1) is 8.24. The Morgan fingerprint density at radius 1 is 1.17 bits per heavy atom. The molecule has 0 saturated carbocycles. The van der Waals surface area contributed by atoms with Crippen LogP contribution in [0.15, 0.2) is 12.1 Å². The Labute approximate surface area is 72.6 Å². The Kier molecular flexibility index (Phi) is 2.08. The van der Waals surface area contributed by atoms with Gasteiger partial charge in [-0.25, -0.2) is 0 Å². The van der Waals surface area contributed by atoms with Crippen LogP contribution in [-0.2, 0) is 0 Å². The van der Waals surface area contributed by atoms with Crippen molar-refractivity contribution in [2.24, 2.45) is 0 Å². The summed E-state index contributed by atoms with van der Waals surface area (Å²) in [6.07, 6.45) is 10.5. The minimum absolute atomic E-state index is 0.519. The minimum atomic E-state index is 0.519. The highest BCUT2D eigenvalue weighted by Gasteiger charge is 2.01. The number of terminal acetylenes is 2. The molecule has 0 amide bonds. The standard InChI is InChI=1S/C11H9N/c1-4-9-6-8(3)7-10(5-2)11(9)12/h1-2,6-7H,12H2,3H3. The molecule has 1 nitrogen and oxygen atoms in total. The topological polar surface area (TPSA) is 26.0 Å². The molecule has 0 fully saturated rings. The first-order chi connectivity index (χ1) is 5.69. The van der Waals surface area contributed by atoms with Gasteiger partial charge in [0, 0.05) is 11.1 Å². The molecule has 0 spiro atoms. The predicted octanol–water partition coefficient (Wildman–Crippen LogP) is 1.54. The molecule has 58 valence electrons. The Morgan fingerprint density at radius 3 is 1.92 bits per heavy atom. The third kappa shape index (κ3) is 1.26. The molecule has 2 N–H and O–H groups in total. The summed E-state index contributed by atoms with van der Waals surface area (Å²) in [5.41, 5.74) is 8.58. The van der Waals surface area contributed by atoms with E-state index in [2.05, 4.69) is 11.8 Å². The van der Waals surface area contributed by atoms with Crippen molar-refractivity contribution in [2.75, 3.05) is 5.73 Å². The Balaban J connectivity index is 3.48. The van der Waals surface area contributed by atoms with Gasteiger partial charge >= 0.3 is 0 Å². The lowest BCUT2D eigenvalue weighted by atomic mass is 10.0. The second-order valence-electron chi connectivity index (χ2n) is 2.56. The number of rotatable bonds is 0. The fourth-order valence-electron chi connectivity index (χ4n) is 1.04. The summed E-state index contributed by atoms with van der Waals surface area (Å²) in [5, 5.41) is 0. The molecule has 0 heterocycles. The van der Waals surface area contributed by atoms with Crippen LogP contribution in [0.2, 0.25) is 0 Å². The molecule has 1 rings (SSSR count). The fourth-order valence-corrected chi connectivity index (χ4v) is 1.04. The number of nitrogen functional groups attached to an aromatic ring is 1. The van der Waals surface area contributed by atoms with E-state index >= 15 is 0 Å². The molecule has 0 bridgehead atoms. The zero-order valence-electron chi connectivity index (χ0n) is 6.89. The van der Waals surface area contributed by atoms with E-state index in [1.54, 1.807) is 0 Å². The molecule has 1 aromatic rings. The lowest BCUT2D eigenvalue weighted by Crippen LogP contribution is -1.95. The van der Waals surface area contributed by atoms with E-state index in [-0.39, 0.29) is 0 Å². The number of hydrogen-bond acceptors (Lipinski definition) is 1. The smallest absolute Gasteiger partial charge is 0.0632 e. The molecule has 12 heavy (non-hydrogen) atoms. The molecule has 1 heteroatoms. The number of nitrogens with two attached hydrogens (primary N) is 1. The van der Waals surface area contributed by atoms with Crippen LogP contribution in [0.4, 0.5) is 5.69 Å². The van der Waals surface area contributed by atoms with E-state index in [1.165, 1.54) is 0 Å². The largest absolute Gasteiger partial charge is 0.397 e. The van der Waals surface area contributed by atoms with Crippen LogP contribution in [0.3, 0.4) is 0 Å². The average Bonchev–Trinajstić information content (AvgIpc) is 2.08. The highest BCUT2D eigenvalue weighted by molar-refractivity contribution is 5.66. The molecule has 0 aliphatic carbocycles. The molecule has 0 atom stereocenters. The second kappa shape index (κ2) is 3.03. The Hall–Kier alpha value is -1.86. The summed E-state index contributed by atoms with van der Waals surface area (Å²) < 4.78 is 0. The summed E-state index contributed by atoms with van der Waals surface area (Å²) >= 11 is 0. The van der Waals surface area contributed by atoms with Crippen molar-refractivity contribution in [3.05, 3.63) is 28.8 Å². The highest BCUT2D eigenvalue weighted by Crippen LogP contribution is 2.17. The second-order valence-corrected chi connectivity index (χ2v) is 2.56. The van der Waals surface area contributed by atoms with E-state index < -0.39 is 0 Å². The molecular formula is C11H9N. The van der Waals surface area contributed by atoms with Gasteiger partial charge in [0.15, 0.2) is 0 Å². The maximum atomic E-state index is 5.69. The maximum absolute atomic E-state index is 5.69. The molecular weight excluding hydrogens is 146 g/mol. The van der Waals surface area contributed by atoms with Crippen molar-refractivity contribution in [2.45, 2.75) is 6.92 Å². The number of hydrogen-bond donors (Lipinski definition) is 1. The summed E-state index contributed by atoms with van der Waals surface area (Å²) in [7, 11) is 0. The Bertz CT molecular complexity index is 353. The van der Waals surface area contributed by atoms with Crippen LogP contribution < -0.4 is 5.73 Å². The lowest BCUT2D eigenvalue weighted by Gasteiger charge is -2.03. The van der Waals surface area contributed by atoms with Gasteiger partial charge in [-0.2, -0.15) is 0 Å². The van der Waals surface area contributed by atoms with E-state index in [9.17, 15) is 0 Å². The fraction of sp³-hybridized carbons (Fsp3) is 0.0909. The molecule has 0 saturated heterocycles. The van der Waals surface area contributed by atoms with Crippen molar-refractivity contribution in [3.63, 3.8) is 0 Å². The summed E-state index contributed by atoms with van der Waals surface area (Å²) in [6.45, 7) is 1.93. The van der Waals surface area contributed by atoms with Crippen molar-refractivity contribution in [3.8, 4) is 24.7 Å². The van der Waals surface area contributed by atoms with Gasteiger partial charge < -0.3 is 5.73 Å². The third-order valence-electron chi connectivity index (χ3n) is 1.64. The molecule has 0 aromatic heterocycles. The van der Waals surface area contributed by atoms with Gasteiger partial charge in [0.1, 0.15) is 0 Å². The zero-order chi connectivity index (χ0) is 9.14. The minimum Gasteiger partial charge on any atom is -0.397 e. The monoisotopic (exact) mass is 155 g/mol. The van der Waals surface area contributed by atoms with Crippen LogP contribution in [-0.4, -0.2) is 0 Å². The summed E-state index contributed by atoms with van der Waals surface area (Å²) in [5.74, 6) is 4.98. The van der Waals surface area contributed by atoms with Crippen LogP contribution in [0.25, 0.3) is 0 Å². The summed E-state index contributed by atoms with van der Waals surface area (Å²) in [6, 6.07) is 3.69. The lowest BCUT2D eigenvalue weighted by molar-refractivity contribution is 1.44.